The lowest BCUT2D eigenvalue weighted by Crippen LogP contribution is -2.19. The average molecular weight is 203 g/mol. The Morgan fingerprint density at radius 1 is 1.27 bits per heavy atom. The zero-order valence-electron chi connectivity index (χ0n) is 8.89. The molecule has 2 heterocycles. The first-order valence-corrected chi connectivity index (χ1v) is 6.17. The first-order valence-electron chi connectivity index (χ1n) is 6.17. The molecule has 1 saturated heterocycles. The molecular formula is C12H17N3. The molecule has 15 heavy (non-hydrogen) atoms. The monoisotopic (exact) mass is 203 g/mol. The van der Waals surface area contributed by atoms with Crippen molar-refractivity contribution in [2.24, 2.45) is 11.8 Å². The summed E-state index contributed by atoms with van der Waals surface area (Å²) in [6, 6.07) is 0.782. The molecule has 0 amide bonds. The van der Waals surface area contributed by atoms with Crippen molar-refractivity contribution in [3.05, 3.63) is 18.2 Å². The molecule has 2 unspecified atom stereocenters. The number of aromatic nitrogens is 2. The van der Waals surface area contributed by atoms with Gasteiger partial charge in [-0.2, -0.15) is 0 Å². The third kappa shape index (κ3) is 1.07. The maximum Gasteiger partial charge on any atom is 0.0951 e. The zero-order chi connectivity index (χ0) is 9.83. The smallest absolute Gasteiger partial charge is 0.0951 e. The summed E-state index contributed by atoms with van der Waals surface area (Å²) in [5.74, 6) is 2.62. The molecule has 1 N–H and O–H groups in total. The van der Waals surface area contributed by atoms with Crippen LogP contribution in [0.4, 0.5) is 0 Å². The molecule has 3 fully saturated rings. The van der Waals surface area contributed by atoms with Gasteiger partial charge in [-0.25, -0.2) is 4.98 Å². The molecule has 2 saturated carbocycles. The normalized spacial score (nSPS) is 38.8. The summed E-state index contributed by atoms with van der Waals surface area (Å²) in [5.41, 5.74) is 1.51. The van der Waals surface area contributed by atoms with Crippen LogP contribution in [0.2, 0.25) is 0 Å². The molecular weight excluding hydrogens is 186 g/mol. The van der Waals surface area contributed by atoms with Gasteiger partial charge in [0.25, 0.3) is 0 Å². The second kappa shape index (κ2) is 2.85. The van der Waals surface area contributed by atoms with Gasteiger partial charge in [0.15, 0.2) is 0 Å². The molecule has 3 aliphatic rings. The standard InChI is InChI=1S/C12H17N3/c1-2-8(3-1)11-6-14-7-15(11)12-9-4-13-5-10(9)12/h6-10,12-13H,1-5H2. The molecule has 0 spiro atoms. The lowest BCUT2D eigenvalue weighted by molar-refractivity contribution is 0.390. The number of imidazole rings is 1. The van der Waals surface area contributed by atoms with E-state index in [1.165, 1.54) is 38.0 Å². The van der Waals surface area contributed by atoms with Gasteiger partial charge in [-0.3, -0.25) is 0 Å². The molecule has 0 bridgehead atoms. The minimum atomic E-state index is 0.782. The fraction of sp³-hybridized carbons (Fsp3) is 0.750. The van der Waals surface area contributed by atoms with Gasteiger partial charge in [0.1, 0.15) is 0 Å². The van der Waals surface area contributed by atoms with Gasteiger partial charge in [0, 0.05) is 36.9 Å². The Kier molecular flexibility index (Phi) is 1.58. The molecule has 4 rings (SSSR count). The number of nitrogens with one attached hydrogen (secondary N) is 1. The topological polar surface area (TPSA) is 29.9 Å². The number of nitrogens with zero attached hydrogens (tertiary/aromatic N) is 2. The number of hydrogen-bond acceptors (Lipinski definition) is 2. The highest BCUT2D eigenvalue weighted by atomic mass is 15.2. The molecule has 80 valence electrons. The molecule has 1 aromatic heterocycles. The second-order valence-electron chi connectivity index (χ2n) is 5.33. The first kappa shape index (κ1) is 8.34. The molecule has 0 radical (unpaired) electrons. The third-order valence-corrected chi connectivity index (χ3v) is 4.59. The zero-order valence-corrected chi connectivity index (χ0v) is 8.89. The molecule has 3 nitrogen and oxygen atoms in total. The van der Waals surface area contributed by atoms with Gasteiger partial charge in [-0.1, -0.05) is 6.42 Å². The van der Waals surface area contributed by atoms with Crippen molar-refractivity contribution in [2.75, 3.05) is 13.1 Å². The van der Waals surface area contributed by atoms with Crippen LogP contribution in [0.25, 0.3) is 0 Å². The fourth-order valence-electron chi connectivity index (χ4n) is 3.38. The maximum atomic E-state index is 4.36. The number of piperidine rings is 1. The Labute approximate surface area is 89.9 Å². The van der Waals surface area contributed by atoms with Crippen molar-refractivity contribution in [1.29, 1.82) is 0 Å². The fourth-order valence-corrected chi connectivity index (χ4v) is 3.38. The Morgan fingerprint density at radius 2 is 2.07 bits per heavy atom. The van der Waals surface area contributed by atoms with E-state index in [0.717, 1.165) is 23.8 Å². The Bertz CT molecular complexity index is 370. The first-order chi connectivity index (χ1) is 7.45. The van der Waals surface area contributed by atoms with Crippen LogP contribution in [0, 0.1) is 11.8 Å². The molecule has 2 aliphatic carbocycles. The van der Waals surface area contributed by atoms with Crippen molar-refractivity contribution < 1.29 is 0 Å². The number of fused-ring (bicyclic) bond motifs is 1. The lowest BCUT2D eigenvalue weighted by atomic mass is 9.83. The van der Waals surface area contributed by atoms with Crippen LogP contribution in [-0.2, 0) is 0 Å². The van der Waals surface area contributed by atoms with E-state index in [2.05, 4.69) is 27.4 Å². The predicted molar refractivity (Wildman–Crippen MR) is 57.7 cm³/mol. The molecule has 0 aromatic carbocycles. The highest BCUT2D eigenvalue weighted by molar-refractivity contribution is 5.17. The van der Waals surface area contributed by atoms with Crippen molar-refractivity contribution in [3.63, 3.8) is 0 Å². The van der Waals surface area contributed by atoms with E-state index in [1.807, 2.05) is 0 Å². The van der Waals surface area contributed by atoms with Gasteiger partial charge < -0.3 is 9.88 Å². The van der Waals surface area contributed by atoms with Crippen molar-refractivity contribution >= 4 is 0 Å². The van der Waals surface area contributed by atoms with E-state index in [1.54, 1.807) is 0 Å². The van der Waals surface area contributed by atoms with E-state index in [0.29, 0.717) is 0 Å². The average Bonchev–Trinajstić information content (AvgIpc) is 2.63. The van der Waals surface area contributed by atoms with Crippen LogP contribution >= 0.6 is 0 Å². The Balaban J connectivity index is 1.63. The summed E-state index contributed by atoms with van der Waals surface area (Å²) in [5, 5.41) is 3.46. The van der Waals surface area contributed by atoms with E-state index in [4.69, 9.17) is 0 Å². The van der Waals surface area contributed by atoms with Gasteiger partial charge in [-0.05, 0) is 24.7 Å². The third-order valence-electron chi connectivity index (χ3n) is 4.59. The van der Waals surface area contributed by atoms with Crippen molar-refractivity contribution in [1.82, 2.24) is 14.9 Å². The quantitative estimate of drug-likeness (QED) is 0.790. The molecule has 2 atom stereocenters. The summed E-state index contributed by atoms with van der Waals surface area (Å²) in [6.45, 7) is 2.44. The van der Waals surface area contributed by atoms with Crippen LogP contribution in [0.5, 0.6) is 0 Å². The predicted octanol–water partition coefficient (Wildman–Crippen LogP) is 1.54. The van der Waals surface area contributed by atoms with Gasteiger partial charge >= 0.3 is 0 Å². The van der Waals surface area contributed by atoms with Gasteiger partial charge in [0.2, 0.25) is 0 Å². The molecule has 1 aromatic rings. The SMILES string of the molecule is c1ncn(C2C3CNCC32)c1C1CCC1. The van der Waals surface area contributed by atoms with Crippen LogP contribution in [0.15, 0.2) is 12.5 Å². The Morgan fingerprint density at radius 3 is 2.73 bits per heavy atom. The highest BCUT2D eigenvalue weighted by Crippen LogP contribution is 2.54. The lowest BCUT2D eigenvalue weighted by Gasteiger charge is -2.26. The maximum absolute atomic E-state index is 4.36. The largest absolute Gasteiger partial charge is 0.331 e. The van der Waals surface area contributed by atoms with E-state index >= 15 is 0 Å². The number of hydrogen-bond donors (Lipinski definition) is 1. The summed E-state index contributed by atoms with van der Waals surface area (Å²) in [4.78, 5) is 4.36. The van der Waals surface area contributed by atoms with E-state index in [-0.39, 0.29) is 0 Å². The summed E-state index contributed by atoms with van der Waals surface area (Å²) >= 11 is 0. The van der Waals surface area contributed by atoms with E-state index in [9.17, 15) is 0 Å². The Hall–Kier alpha value is -0.830. The summed E-state index contributed by atoms with van der Waals surface area (Å²) in [6.07, 6.45) is 8.34. The van der Waals surface area contributed by atoms with Crippen LogP contribution in [0.3, 0.4) is 0 Å². The summed E-state index contributed by atoms with van der Waals surface area (Å²) < 4.78 is 2.49. The van der Waals surface area contributed by atoms with Crippen molar-refractivity contribution in [2.45, 2.75) is 31.2 Å². The number of rotatable bonds is 2. The second-order valence-corrected chi connectivity index (χ2v) is 5.33. The van der Waals surface area contributed by atoms with Crippen LogP contribution in [0.1, 0.15) is 36.9 Å². The van der Waals surface area contributed by atoms with Crippen LogP contribution < -0.4 is 5.32 Å². The minimum Gasteiger partial charge on any atom is -0.331 e. The van der Waals surface area contributed by atoms with E-state index < -0.39 is 0 Å². The molecule has 1 aliphatic heterocycles. The summed E-state index contributed by atoms with van der Waals surface area (Å²) in [7, 11) is 0. The van der Waals surface area contributed by atoms with Crippen molar-refractivity contribution in [3.8, 4) is 0 Å². The van der Waals surface area contributed by atoms with Crippen LogP contribution in [-0.4, -0.2) is 22.6 Å². The highest BCUT2D eigenvalue weighted by Gasteiger charge is 2.54. The van der Waals surface area contributed by atoms with Gasteiger partial charge in [-0.15, -0.1) is 0 Å². The minimum absolute atomic E-state index is 0.782. The van der Waals surface area contributed by atoms with Gasteiger partial charge in [0.05, 0.1) is 6.33 Å². The molecule has 3 heteroatoms.